The molecule has 10 heteroatoms. The zero-order chi connectivity index (χ0) is 25.1. The summed E-state index contributed by atoms with van der Waals surface area (Å²) >= 11 is 0. The fourth-order valence-electron chi connectivity index (χ4n) is 2.72. The van der Waals surface area contributed by atoms with Gasteiger partial charge in [-0.2, -0.15) is 21.6 Å². The predicted octanol–water partition coefficient (Wildman–Crippen LogP) is 2.75. The molecule has 0 aromatic heterocycles. The summed E-state index contributed by atoms with van der Waals surface area (Å²) < 4.78 is 113. The van der Waals surface area contributed by atoms with Crippen LogP contribution in [0, 0.1) is 0 Å². The van der Waals surface area contributed by atoms with Gasteiger partial charge < -0.3 is 10.5 Å². The van der Waals surface area contributed by atoms with E-state index in [1.54, 1.807) is 0 Å². The largest absolute Gasteiger partial charge is 0.462 e. The predicted molar refractivity (Wildman–Crippen MR) is 93.0 cm³/mol. The minimum Gasteiger partial charge on any atom is -0.462 e. The van der Waals surface area contributed by atoms with Gasteiger partial charge in [0.15, 0.2) is 12.0 Å². The van der Waals surface area contributed by atoms with Crippen LogP contribution < -0.4 is 5.73 Å². The first kappa shape index (κ1) is 14.4. The number of carbonyl (C=O) groups is 1. The van der Waals surface area contributed by atoms with E-state index >= 15 is 0 Å². The van der Waals surface area contributed by atoms with Crippen LogP contribution >= 0.6 is 0 Å². The van der Waals surface area contributed by atoms with Crippen molar-refractivity contribution < 1.29 is 42.2 Å². The van der Waals surface area contributed by atoms with E-state index in [4.69, 9.17) is 21.5 Å². The van der Waals surface area contributed by atoms with E-state index in [-0.39, 0.29) is 5.56 Å². The van der Waals surface area contributed by atoms with E-state index < -0.39 is 81.4 Å². The molecule has 28 heavy (non-hydrogen) atoms. The average Bonchev–Trinajstić information content (AvgIpc) is 3.01. The Morgan fingerprint density at radius 1 is 1.32 bits per heavy atom. The van der Waals surface area contributed by atoms with Crippen molar-refractivity contribution in [3.63, 3.8) is 0 Å². The van der Waals surface area contributed by atoms with E-state index in [2.05, 4.69) is 0 Å². The summed E-state index contributed by atoms with van der Waals surface area (Å²) in [6.45, 7) is 0. The van der Waals surface area contributed by atoms with Crippen molar-refractivity contribution in [2.45, 2.75) is 24.3 Å². The number of benzene rings is 1. The van der Waals surface area contributed by atoms with Crippen molar-refractivity contribution in [3.05, 3.63) is 71.1 Å². The molecule has 1 aliphatic heterocycles. The van der Waals surface area contributed by atoms with Gasteiger partial charge in [-0.25, -0.2) is 0 Å². The van der Waals surface area contributed by atoms with Crippen LogP contribution in [0.3, 0.4) is 0 Å². The van der Waals surface area contributed by atoms with Crippen LogP contribution in [0.1, 0.15) is 30.5 Å². The second kappa shape index (κ2) is 6.78. The first-order valence-electron chi connectivity index (χ1n) is 10.2. The number of hydrogen-bond donors (Lipinski definition) is 1. The van der Waals surface area contributed by atoms with Crippen molar-refractivity contribution >= 4 is 15.9 Å². The van der Waals surface area contributed by atoms with Gasteiger partial charge in [-0.15, -0.1) is 0 Å². The topological polar surface area (TPSA) is 95.7 Å². The number of rotatable bonds is 4. The second-order valence-electron chi connectivity index (χ2n) is 5.91. The monoisotopic (exact) mass is 420 g/mol. The highest BCUT2D eigenvalue weighted by Crippen LogP contribution is 2.42. The van der Waals surface area contributed by atoms with Gasteiger partial charge in [-0.1, -0.05) is 30.3 Å². The number of nitrogens with two attached hydrogens (primary N) is 1. The van der Waals surface area contributed by atoms with Gasteiger partial charge in [0.2, 0.25) is 5.78 Å². The number of hydrogen-bond acceptors (Lipinski definition) is 6. The van der Waals surface area contributed by atoms with Crippen LogP contribution in [-0.4, -0.2) is 26.1 Å². The standard InChI is InChI=1S/C18H16F3NO5S/c1-28(24,25)27-17(9-3-2-4-10-17)13-14(23)15(26-16(13)22)11-5-7-12(8-6-11)18(19,20)21/h2-9,15H,10,22H2,1H3/i2D,3D,4D,9D,10D. The Hall–Kier alpha value is -2.59. The van der Waals surface area contributed by atoms with Gasteiger partial charge in [0.25, 0.3) is 10.1 Å². The highest BCUT2D eigenvalue weighted by molar-refractivity contribution is 7.86. The first-order chi connectivity index (χ1) is 15.0. The number of ether oxygens (including phenoxy) is 1. The number of allylic oxidation sites excluding steroid dienone is 2. The van der Waals surface area contributed by atoms with Crippen LogP contribution in [0.15, 0.2) is 59.9 Å². The van der Waals surface area contributed by atoms with Crippen LogP contribution in [0.2, 0.25) is 0 Å². The van der Waals surface area contributed by atoms with Crippen LogP contribution in [-0.2, 0) is 30.0 Å². The smallest absolute Gasteiger partial charge is 0.416 e. The summed E-state index contributed by atoms with van der Waals surface area (Å²) in [5.74, 6) is -1.92. The lowest BCUT2D eigenvalue weighted by Crippen LogP contribution is -2.39. The molecule has 0 saturated carbocycles. The molecule has 0 bridgehead atoms. The van der Waals surface area contributed by atoms with Gasteiger partial charge in [-0.05, 0) is 18.2 Å². The number of alkyl halides is 3. The summed E-state index contributed by atoms with van der Waals surface area (Å²) in [7, 11) is -4.55. The summed E-state index contributed by atoms with van der Waals surface area (Å²) in [5.41, 5.74) is 0.924. The molecule has 3 rings (SSSR count). The molecule has 6 nitrogen and oxygen atoms in total. The minimum atomic E-state index is -4.64. The van der Waals surface area contributed by atoms with Crippen LogP contribution in [0.4, 0.5) is 13.2 Å². The Balaban J connectivity index is 2.15. The number of Topliss-reactive ketones (excluding diaryl/α,β-unsaturated/α-hetero) is 1. The lowest BCUT2D eigenvalue weighted by molar-refractivity contribution is -0.137. The minimum absolute atomic E-state index is 0.0952. The number of halogens is 3. The van der Waals surface area contributed by atoms with E-state index in [0.29, 0.717) is 18.4 Å². The molecule has 1 aromatic carbocycles. The van der Waals surface area contributed by atoms with Crippen molar-refractivity contribution in [2.24, 2.45) is 5.73 Å². The highest BCUT2D eigenvalue weighted by atomic mass is 32.2. The maximum Gasteiger partial charge on any atom is 0.416 e. The van der Waals surface area contributed by atoms with Gasteiger partial charge in [0.05, 0.1) is 22.9 Å². The molecule has 0 saturated heterocycles. The van der Waals surface area contributed by atoms with E-state index in [9.17, 15) is 26.4 Å². The molecule has 1 aliphatic carbocycles. The molecule has 1 aromatic rings. The molecule has 1 heterocycles. The summed E-state index contributed by atoms with van der Waals surface area (Å²) in [5, 5.41) is 0. The number of carbonyl (C=O) groups excluding carboxylic acids is 1. The molecular formula is C18H16F3NO5S. The SMILES string of the molecule is [2H]C1=C([2H])C([2H])C(OS(C)(=O)=O)(C2=C(N)OC(c3ccc(C(F)(F)F)cc3)C2=O)C([2H])=C1[2H]. The molecule has 0 spiro atoms. The number of ketones is 1. The third-order valence-electron chi connectivity index (χ3n) is 3.83. The summed E-state index contributed by atoms with van der Waals surface area (Å²) in [4.78, 5) is 13.2. The Labute approximate surface area is 166 Å². The van der Waals surface area contributed by atoms with Gasteiger partial charge in [0.1, 0.15) is 5.60 Å². The van der Waals surface area contributed by atoms with Gasteiger partial charge in [-0.3, -0.25) is 8.98 Å². The summed E-state index contributed by atoms with van der Waals surface area (Å²) in [6.07, 6.45) is -7.93. The van der Waals surface area contributed by atoms with Crippen molar-refractivity contribution in [2.75, 3.05) is 6.26 Å². The maximum atomic E-state index is 13.2. The van der Waals surface area contributed by atoms with Crippen molar-refractivity contribution in [1.29, 1.82) is 0 Å². The fourth-order valence-corrected chi connectivity index (χ4v) is 3.37. The zero-order valence-electron chi connectivity index (χ0n) is 19.1. The fraction of sp³-hybridized carbons (Fsp3) is 0.278. The third kappa shape index (κ3) is 3.83. The van der Waals surface area contributed by atoms with Gasteiger partial charge >= 0.3 is 6.18 Å². The molecule has 3 unspecified atom stereocenters. The van der Waals surface area contributed by atoms with Crippen LogP contribution in [0.25, 0.3) is 0 Å². The zero-order valence-corrected chi connectivity index (χ0v) is 14.9. The molecule has 2 N–H and O–H groups in total. The summed E-state index contributed by atoms with van der Waals surface area (Å²) in [6, 6.07) is -0.568. The lowest BCUT2D eigenvalue weighted by Gasteiger charge is -2.30. The Kier molecular flexibility index (Phi) is 3.49. The third-order valence-corrected chi connectivity index (χ3v) is 4.39. The molecule has 2 aliphatic rings. The molecule has 0 radical (unpaired) electrons. The molecule has 0 amide bonds. The maximum absolute atomic E-state index is 13.2. The Morgan fingerprint density at radius 2 is 1.96 bits per heavy atom. The van der Waals surface area contributed by atoms with E-state index in [1.165, 1.54) is 0 Å². The molecule has 150 valence electrons. The van der Waals surface area contributed by atoms with E-state index in [0.717, 1.165) is 12.1 Å². The average molecular weight is 420 g/mol. The quantitative estimate of drug-likeness (QED) is 0.753. The Bertz CT molecular complexity index is 1230. The Morgan fingerprint density at radius 3 is 2.54 bits per heavy atom. The van der Waals surface area contributed by atoms with Crippen molar-refractivity contribution in [3.8, 4) is 0 Å². The molecule has 3 atom stereocenters. The second-order valence-corrected chi connectivity index (χ2v) is 7.48. The lowest BCUT2D eigenvalue weighted by atomic mass is 9.83. The molecular weight excluding hydrogens is 399 g/mol. The first-order valence-corrected chi connectivity index (χ1v) is 9.40. The highest BCUT2D eigenvalue weighted by Gasteiger charge is 2.49. The normalized spacial score (nSPS) is 31.9. The van der Waals surface area contributed by atoms with Crippen molar-refractivity contribution in [1.82, 2.24) is 0 Å². The van der Waals surface area contributed by atoms with Crippen LogP contribution in [0.5, 0.6) is 0 Å². The van der Waals surface area contributed by atoms with Gasteiger partial charge in [0, 0.05) is 13.3 Å². The van der Waals surface area contributed by atoms with E-state index in [1.807, 2.05) is 0 Å². The molecule has 0 fully saturated rings.